The number of guanidine groups is 1. The van der Waals surface area contributed by atoms with Crippen molar-refractivity contribution < 1.29 is 13.9 Å². The molecule has 0 aliphatic rings. The van der Waals surface area contributed by atoms with Crippen molar-refractivity contribution in [1.82, 2.24) is 10.6 Å². The fraction of sp³-hybridized carbons (Fsp3) is 0.588. The van der Waals surface area contributed by atoms with Gasteiger partial charge in [-0.3, -0.25) is 0 Å². The number of methoxy groups -OCH3 is 1. The number of aliphatic imine (C=N–C) groups is 1. The topological polar surface area (TPSA) is 54.9 Å². The summed E-state index contributed by atoms with van der Waals surface area (Å²) in [7, 11) is 1.66. The second kappa shape index (κ2) is 11.8. The Hall–Kier alpha value is -1.66. The van der Waals surface area contributed by atoms with E-state index in [0.717, 1.165) is 31.0 Å². The van der Waals surface area contributed by atoms with Crippen molar-refractivity contribution in [1.29, 1.82) is 0 Å². The molecule has 0 spiro atoms. The van der Waals surface area contributed by atoms with Gasteiger partial charge in [0.15, 0.2) is 5.96 Å². The third kappa shape index (κ3) is 8.52. The van der Waals surface area contributed by atoms with Crippen molar-refractivity contribution in [2.75, 3.05) is 40.0 Å². The Kier molecular flexibility index (Phi) is 9.99. The first-order valence-corrected chi connectivity index (χ1v) is 8.01. The minimum atomic E-state index is -0.184. The van der Waals surface area contributed by atoms with Gasteiger partial charge in [-0.05, 0) is 37.5 Å². The van der Waals surface area contributed by atoms with Crippen LogP contribution in [0.4, 0.5) is 4.39 Å². The zero-order valence-electron chi connectivity index (χ0n) is 14.3. The summed E-state index contributed by atoms with van der Waals surface area (Å²) >= 11 is 0. The van der Waals surface area contributed by atoms with Gasteiger partial charge in [0.05, 0.1) is 19.8 Å². The van der Waals surface area contributed by atoms with Crippen LogP contribution in [0.2, 0.25) is 0 Å². The highest BCUT2D eigenvalue weighted by atomic mass is 19.1. The molecule has 1 aromatic carbocycles. The van der Waals surface area contributed by atoms with E-state index in [9.17, 15) is 4.39 Å². The van der Waals surface area contributed by atoms with Gasteiger partial charge < -0.3 is 20.1 Å². The number of halogens is 1. The third-order valence-corrected chi connectivity index (χ3v) is 3.18. The largest absolute Gasteiger partial charge is 0.382 e. The van der Waals surface area contributed by atoms with Gasteiger partial charge in [-0.15, -0.1) is 0 Å². The third-order valence-electron chi connectivity index (χ3n) is 3.18. The Morgan fingerprint density at radius 1 is 1.22 bits per heavy atom. The van der Waals surface area contributed by atoms with E-state index in [1.54, 1.807) is 20.1 Å². The van der Waals surface area contributed by atoms with Gasteiger partial charge in [0.25, 0.3) is 0 Å². The maximum atomic E-state index is 13.3. The van der Waals surface area contributed by atoms with Crippen LogP contribution in [0.3, 0.4) is 0 Å². The smallest absolute Gasteiger partial charge is 0.191 e. The molecule has 0 fully saturated rings. The molecule has 0 unspecified atom stereocenters. The Bertz CT molecular complexity index is 481. The SMILES string of the molecule is CCNC(=NCc1ccc(F)c(C)c1)NCCCOCCOC. The molecule has 0 saturated heterocycles. The number of benzene rings is 1. The molecule has 5 nitrogen and oxygen atoms in total. The van der Waals surface area contributed by atoms with Crippen LogP contribution in [0.25, 0.3) is 0 Å². The van der Waals surface area contributed by atoms with Gasteiger partial charge in [-0.2, -0.15) is 0 Å². The highest BCUT2D eigenvalue weighted by Gasteiger charge is 2.00. The lowest BCUT2D eigenvalue weighted by Crippen LogP contribution is -2.38. The van der Waals surface area contributed by atoms with Crippen LogP contribution in [-0.2, 0) is 16.0 Å². The molecule has 130 valence electrons. The van der Waals surface area contributed by atoms with Crippen molar-refractivity contribution in [3.05, 3.63) is 35.1 Å². The molecule has 0 bridgehead atoms. The molecule has 1 aromatic rings. The Labute approximate surface area is 138 Å². The number of nitrogens with zero attached hydrogens (tertiary/aromatic N) is 1. The number of ether oxygens (including phenoxy) is 2. The second-order valence-electron chi connectivity index (χ2n) is 5.16. The molecule has 2 N–H and O–H groups in total. The summed E-state index contributed by atoms with van der Waals surface area (Å²) in [5.41, 5.74) is 1.63. The van der Waals surface area contributed by atoms with E-state index >= 15 is 0 Å². The van der Waals surface area contributed by atoms with Crippen LogP contribution in [0.1, 0.15) is 24.5 Å². The van der Waals surface area contributed by atoms with E-state index in [1.807, 2.05) is 13.0 Å². The number of nitrogens with one attached hydrogen (secondary N) is 2. The number of aryl methyl sites for hydroxylation is 1. The molecule has 0 atom stereocenters. The van der Waals surface area contributed by atoms with Crippen molar-refractivity contribution in [2.24, 2.45) is 4.99 Å². The van der Waals surface area contributed by atoms with E-state index in [-0.39, 0.29) is 5.82 Å². The van der Waals surface area contributed by atoms with Crippen molar-refractivity contribution in [3.8, 4) is 0 Å². The summed E-state index contributed by atoms with van der Waals surface area (Å²) in [5.74, 6) is 0.572. The molecule has 0 aliphatic heterocycles. The van der Waals surface area contributed by atoms with Gasteiger partial charge in [-0.1, -0.05) is 12.1 Å². The summed E-state index contributed by atoms with van der Waals surface area (Å²) in [5, 5.41) is 6.46. The van der Waals surface area contributed by atoms with Gasteiger partial charge in [-0.25, -0.2) is 9.38 Å². The van der Waals surface area contributed by atoms with Crippen LogP contribution in [-0.4, -0.2) is 46.0 Å². The summed E-state index contributed by atoms with van der Waals surface area (Å²) in [6.07, 6.45) is 0.893. The lowest BCUT2D eigenvalue weighted by molar-refractivity contribution is 0.0698. The zero-order valence-corrected chi connectivity index (χ0v) is 14.3. The van der Waals surface area contributed by atoms with Crippen LogP contribution in [0.15, 0.2) is 23.2 Å². The first-order valence-electron chi connectivity index (χ1n) is 8.01. The predicted molar refractivity (Wildman–Crippen MR) is 91.3 cm³/mol. The first kappa shape index (κ1) is 19.4. The first-order chi connectivity index (χ1) is 11.2. The van der Waals surface area contributed by atoms with Crippen molar-refractivity contribution in [2.45, 2.75) is 26.8 Å². The van der Waals surface area contributed by atoms with Crippen molar-refractivity contribution >= 4 is 5.96 Å². The Morgan fingerprint density at radius 2 is 2.04 bits per heavy atom. The Morgan fingerprint density at radius 3 is 2.74 bits per heavy atom. The molecule has 0 heterocycles. The normalized spacial score (nSPS) is 11.6. The summed E-state index contributed by atoms with van der Waals surface area (Å²) in [6.45, 7) is 7.79. The average Bonchev–Trinajstić information content (AvgIpc) is 2.54. The maximum absolute atomic E-state index is 13.3. The summed E-state index contributed by atoms with van der Waals surface area (Å²) < 4.78 is 23.6. The van der Waals surface area contributed by atoms with Gasteiger partial charge in [0.2, 0.25) is 0 Å². The van der Waals surface area contributed by atoms with Crippen LogP contribution in [0.5, 0.6) is 0 Å². The summed E-state index contributed by atoms with van der Waals surface area (Å²) in [4.78, 5) is 4.51. The fourth-order valence-corrected chi connectivity index (χ4v) is 1.94. The molecule has 0 aromatic heterocycles. The van der Waals surface area contributed by atoms with Crippen molar-refractivity contribution in [3.63, 3.8) is 0 Å². The highest BCUT2D eigenvalue weighted by molar-refractivity contribution is 5.79. The molecule has 23 heavy (non-hydrogen) atoms. The van der Waals surface area contributed by atoms with E-state index in [4.69, 9.17) is 9.47 Å². The van der Waals surface area contributed by atoms with Gasteiger partial charge >= 0.3 is 0 Å². The lowest BCUT2D eigenvalue weighted by atomic mass is 10.1. The molecule has 0 amide bonds. The standard InChI is InChI=1S/C17H28FN3O2/c1-4-19-17(20-8-5-9-23-11-10-22-3)21-13-15-6-7-16(18)14(2)12-15/h6-7,12H,4-5,8-11,13H2,1-3H3,(H2,19,20,21). The summed E-state index contributed by atoms with van der Waals surface area (Å²) in [6, 6.07) is 5.07. The van der Waals surface area contributed by atoms with Gasteiger partial charge in [0.1, 0.15) is 5.82 Å². The molecular formula is C17H28FN3O2. The Balaban J connectivity index is 2.36. The van der Waals surface area contributed by atoms with Crippen LogP contribution in [0, 0.1) is 12.7 Å². The van der Waals surface area contributed by atoms with E-state index < -0.39 is 0 Å². The minimum absolute atomic E-state index is 0.184. The highest BCUT2D eigenvalue weighted by Crippen LogP contribution is 2.09. The maximum Gasteiger partial charge on any atom is 0.191 e. The minimum Gasteiger partial charge on any atom is -0.382 e. The van der Waals surface area contributed by atoms with Crippen LogP contribution >= 0.6 is 0 Å². The number of hydrogen-bond acceptors (Lipinski definition) is 3. The molecule has 0 aliphatic carbocycles. The van der Waals surface area contributed by atoms with Crippen LogP contribution < -0.4 is 10.6 Å². The van der Waals surface area contributed by atoms with E-state index in [2.05, 4.69) is 15.6 Å². The van der Waals surface area contributed by atoms with E-state index in [1.165, 1.54) is 6.07 Å². The molecular weight excluding hydrogens is 297 g/mol. The average molecular weight is 325 g/mol. The zero-order chi connectivity index (χ0) is 16.9. The number of rotatable bonds is 10. The molecule has 0 radical (unpaired) electrons. The van der Waals surface area contributed by atoms with Gasteiger partial charge in [0, 0.05) is 26.8 Å². The predicted octanol–water partition coefficient (Wildman–Crippen LogP) is 2.24. The quantitative estimate of drug-likeness (QED) is 0.393. The lowest BCUT2D eigenvalue weighted by Gasteiger charge is -2.11. The molecule has 6 heteroatoms. The molecule has 0 saturated carbocycles. The monoisotopic (exact) mass is 325 g/mol. The second-order valence-corrected chi connectivity index (χ2v) is 5.16. The fourth-order valence-electron chi connectivity index (χ4n) is 1.94. The number of hydrogen-bond donors (Lipinski definition) is 2. The molecule has 1 rings (SSSR count). The van der Waals surface area contributed by atoms with E-state index in [0.29, 0.717) is 31.9 Å².